The van der Waals surface area contributed by atoms with E-state index in [1.54, 1.807) is 0 Å². The van der Waals surface area contributed by atoms with E-state index in [9.17, 15) is 13.2 Å². The van der Waals surface area contributed by atoms with Crippen LogP contribution in [0.2, 0.25) is 0 Å². The van der Waals surface area contributed by atoms with Gasteiger partial charge in [0, 0.05) is 19.6 Å². The Kier molecular flexibility index (Phi) is 4.75. The molecule has 3 heterocycles. The number of imidazole rings is 1. The van der Waals surface area contributed by atoms with Crippen LogP contribution in [0.3, 0.4) is 0 Å². The molecule has 2 aliphatic rings. The maximum absolute atomic E-state index is 12.6. The minimum atomic E-state index is -3.65. The van der Waals surface area contributed by atoms with Crippen LogP contribution in [0.5, 0.6) is 11.5 Å². The summed E-state index contributed by atoms with van der Waals surface area (Å²) in [6, 6.07) is 5.51. The van der Waals surface area contributed by atoms with Gasteiger partial charge in [0.15, 0.2) is 16.5 Å². The molecule has 1 atom stereocenters. The second-order valence-corrected chi connectivity index (χ2v) is 8.43. The molecule has 27 heavy (non-hydrogen) atoms. The third kappa shape index (κ3) is 3.62. The molecule has 144 valence electrons. The number of piperidine rings is 1. The van der Waals surface area contributed by atoms with Crippen molar-refractivity contribution in [2.45, 2.75) is 24.4 Å². The first-order valence-electron chi connectivity index (χ1n) is 8.69. The Balaban J connectivity index is 1.37. The minimum absolute atomic E-state index is 0.0453. The number of fused-ring (bicyclic) bond motifs is 1. The van der Waals surface area contributed by atoms with Crippen molar-refractivity contribution < 1.29 is 22.7 Å². The average molecular weight is 392 g/mol. The highest BCUT2D eigenvalue weighted by atomic mass is 32.2. The predicted octanol–water partition coefficient (Wildman–Crippen LogP) is 0.855. The van der Waals surface area contributed by atoms with Crippen LogP contribution < -0.4 is 14.8 Å². The van der Waals surface area contributed by atoms with Crippen molar-refractivity contribution in [1.82, 2.24) is 19.6 Å². The number of sulfonamides is 1. The number of carbonyl (C=O) groups excluding carboxylic acids is 1. The molecule has 0 spiro atoms. The summed E-state index contributed by atoms with van der Waals surface area (Å²) in [5.41, 5.74) is 0.894. The van der Waals surface area contributed by atoms with Crippen molar-refractivity contribution in [3.05, 3.63) is 36.3 Å². The molecular weight excluding hydrogens is 372 g/mol. The molecule has 0 saturated carbocycles. The molecule has 9 nitrogen and oxygen atoms in total. The van der Waals surface area contributed by atoms with Crippen LogP contribution in [0.15, 0.2) is 35.7 Å². The zero-order valence-electron chi connectivity index (χ0n) is 14.6. The number of carbonyl (C=O) groups is 1. The summed E-state index contributed by atoms with van der Waals surface area (Å²) in [7, 11) is -3.65. The van der Waals surface area contributed by atoms with Gasteiger partial charge >= 0.3 is 0 Å². The van der Waals surface area contributed by atoms with Gasteiger partial charge in [0.05, 0.1) is 18.4 Å². The van der Waals surface area contributed by atoms with E-state index in [-0.39, 0.29) is 30.2 Å². The van der Waals surface area contributed by atoms with Crippen LogP contribution in [0.1, 0.15) is 18.4 Å². The van der Waals surface area contributed by atoms with Crippen LogP contribution in [0.25, 0.3) is 0 Å². The number of nitrogens with one attached hydrogen (secondary N) is 2. The predicted molar refractivity (Wildman–Crippen MR) is 94.5 cm³/mol. The van der Waals surface area contributed by atoms with Gasteiger partial charge < -0.3 is 19.8 Å². The van der Waals surface area contributed by atoms with Gasteiger partial charge in [-0.1, -0.05) is 6.07 Å². The lowest BCUT2D eigenvalue weighted by Gasteiger charge is -2.30. The lowest BCUT2D eigenvalue weighted by Crippen LogP contribution is -2.45. The van der Waals surface area contributed by atoms with E-state index in [0.717, 1.165) is 5.56 Å². The quantitative estimate of drug-likeness (QED) is 0.780. The first-order chi connectivity index (χ1) is 13.0. The van der Waals surface area contributed by atoms with E-state index in [2.05, 4.69) is 15.3 Å². The third-order valence-electron chi connectivity index (χ3n) is 4.75. The van der Waals surface area contributed by atoms with E-state index in [4.69, 9.17) is 9.47 Å². The maximum atomic E-state index is 12.6. The highest BCUT2D eigenvalue weighted by Gasteiger charge is 2.33. The molecule has 2 aliphatic heterocycles. The number of nitrogens with zero attached hydrogens (tertiary/aromatic N) is 2. The number of hydrogen-bond acceptors (Lipinski definition) is 6. The number of benzene rings is 1. The van der Waals surface area contributed by atoms with Gasteiger partial charge in [-0.15, -0.1) is 0 Å². The van der Waals surface area contributed by atoms with Gasteiger partial charge in [-0.2, -0.15) is 4.31 Å². The van der Waals surface area contributed by atoms with Crippen molar-refractivity contribution in [2.75, 3.05) is 19.9 Å². The molecule has 1 amide bonds. The monoisotopic (exact) mass is 392 g/mol. The third-order valence-corrected chi connectivity index (χ3v) is 6.54. The number of aromatic amines is 1. The second kappa shape index (κ2) is 7.20. The lowest BCUT2D eigenvalue weighted by molar-refractivity contribution is -0.126. The largest absolute Gasteiger partial charge is 0.454 e. The molecular formula is C17H20N4O5S. The SMILES string of the molecule is O=C(NCc1ccc2c(c1)OCO2)[C@H]1CCCN(S(=O)(=O)c2cnc[nH]2)C1. The summed E-state index contributed by atoms with van der Waals surface area (Å²) in [4.78, 5) is 18.9. The standard InChI is InChI=1S/C17H20N4O5S/c22-17(19-7-12-3-4-14-15(6-12)26-11-25-14)13-2-1-5-21(9-13)27(23,24)16-8-18-10-20-16/h3-4,6,8,10,13H,1-2,5,7,9,11H2,(H,18,20)(H,19,22)/t13-/m0/s1. The van der Waals surface area contributed by atoms with Crippen molar-refractivity contribution in [2.24, 2.45) is 5.92 Å². The second-order valence-electron chi connectivity index (χ2n) is 6.52. The van der Waals surface area contributed by atoms with Crippen LogP contribution in [-0.4, -0.2) is 48.5 Å². The molecule has 0 aliphatic carbocycles. The van der Waals surface area contributed by atoms with E-state index in [1.165, 1.54) is 16.8 Å². The smallest absolute Gasteiger partial charge is 0.260 e. The van der Waals surface area contributed by atoms with Gasteiger partial charge in [0.25, 0.3) is 10.0 Å². The Hall–Kier alpha value is -2.59. The van der Waals surface area contributed by atoms with Gasteiger partial charge in [-0.3, -0.25) is 4.79 Å². The van der Waals surface area contributed by atoms with E-state index in [1.807, 2.05) is 18.2 Å². The molecule has 1 fully saturated rings. The first-order valence-corrected chi connectivity index (χ1v) is 10.1. The van der Waals surface area contributed by atoms with Gasteiger partial charge in [-0.25, -0.2) is 13.4 Å². The highest BCUT2D eigenvalue weighted by molar-refractivity contribution is 7.89. The lowest BCUT2D eigenvalue weighted by atomic mass is 9.98. The molecule has 0 bridgehead atoms. The molecule has 1 aromatic carbocycles. The van der Waals surface area contributed by atoms with Crippen molar-refractivity contribution in [1.29, 1.82) is 0 Å². The Morgan fingerprint density at radius 1 is 1.33 bits per heavy atom. The summed E-state index contributed by atoms with van der Waals surface area (Å²) < 4.78 is 37.1. The highest BCUT2D eigenvalue weighted by Crippen LogP contribution is 2.32. The zero-order chi connectivity index (χ0) is 18.9. The Labute approximate surface area is 156 Å². The topological polar surface area (TPSA) is 114 Å². The first kappa shape index (κ1) is 17.8. The minimum Gasteiger partial charge on any atom is -0.454 e. The fourth-order valence-electron chi connectivity index (χ4n) is 3.28. The Morgan fingerprint density at radius 3 is 3.00 bits per heavy atom. The number of H-pyrrole nitrogens is 1. The summed E-state index contributed by atoms with van der Waals surface area (Å²) >= 11 is 0. The van der Waals surface area contributed by atoms with Crippen molar-refractivity contribution >= 4 is 15.9 Å². The van der Waals surface area contributed by atoms with Crippen molar-refractivity contribution in [3.63, 3.8) is 0 Å². The Bertz CT molecular complexity index is 929. The van der Waals surface area contributed by atoms with Gasteiger partial charge in [-0.05, 0) is 30.5 Å². The number of ether oxygens (including phenoxy) is 2. The summed E-state index contributed by atoms with van der Waals surface area (Å²) in [6.07, 6.45) is 3.89. The molecule has 10 heteroatoms. The maximum Gasteiger partial charge on any atom is 0.260 e. The van der Waals surface area contributed by atoms with Crippen LogP contribution in [-0.2, 0) is 21.4 Å². The number of amides is 1. The normalized spacial score (nSPS) is 19.8. The average Bonchev–Trinajstić information content (AvgIpc) is 3.37. The fraction of sp³-hybridized carbons (Fsp3) is 0.412. The molecule has 0 unspecified atom stereocenters. The number of hydrogen-bond donors (Lipinski definition) is 2. The summed E-state index contributed by atoms with van der Waals surface area (Å²) in [6.45, 7) is 1.11. The number of aromatic nitrogens is 2. The fourth-order valence-corrected chi connectivity index (χ4v) is 4.70. The summed E-state index contributed by atoms with van der Waals surface area (Å²) in [5.74, 6) is 0.816. The number of rotatable bonds is 5. The zero-order valence-corrected chi connectivity index (χ0v) is 15.4. The molecule has 2 N–H and O–H groups in total. The van der Waals surface area contributed by atoms with E-state index < -0.39 is 10.0 Å². The molecule has 2 aromatic rings. The Morgan fingerprint density at radius 2 is 2.19 bits per heavy atom. The molecule has 4 rings (SSSR count). The van der Waals surface area contributed by atoms with E-state index >= 15 is 0 Å². The van der Waals surface area contributed by atoms with Crippen LogP contribution >= 0.6 is 0 Å². The molecule has 1 aromatic heterocycles. The van der Waals surface area contributed by atoms with Crippen LogP contribution in [0.4, 0.5) is 0 Å². The van der Waals surface area contributed by atoms with Gasteiger partial charge in [0.2, 0.25) is 12.7 Å². The van der Waals surface area contributed by atoms with Gasteiger partial charge in [0.1, 0.15) is 0 Å². The summed E-state index contributed by atoms with van der Waals surface area (Å²) in [5, 5.41) is 2.93. The molecule has 1 saturated heterocycles. The van der Waals surface area contributed by atoms with Crippen molar-refractivity contribution in [3.8, 4) is 11.5 Å². The molecule has 0 radical (unpaired) electrons. The van der Waals surface area contributed by atoms with E-state index in [0.29, 0.717) is 37.4 Å². The van der Waals surface area contributed by atoms with Crippen LogP contribution in [0, 0.1) is 5.92 Å².